The van der Waals surface area contributed by atoms with Crippen LogP contribution in [0.2, 0.25) is 0 Å². The molecule has 4 heteroatoms. The van der Waals surface area contributed by atoms with Gasteiger partial charge in [0.2, 0.25) is 5.91 Å². The molecule has 0 spiro atoms. The van der Waals surface area contributed by atoms with Crippen molar-refractivity contribution >= 4 is 11.9 Å². The Morgan fingerprint density at radius 3 is 1.33 bits per heavy atom. The molecule has 0 fully saturated rings. The Balaban J connectivity index is 2.99. The van der Waals surface area contributed by atoms with Crippen molar-refractivity contribution < 1.29 is 14.7 Å². The largest absolute Gasteiger partial charge is 0.481 e. The zero-order valence-electron chi connectivity index (χ0n) is 11.3. The van der Waals surface area contributed by atoms with Crippen molar-refractivity contribution in [1.29, 1.82) is 0 Å². The predicted molar refractivity (Wildman–Crippen MR) is 72.2 cm³/mol. The van der Waals surface area contributed by atoms with E-state index in [9.17, 15) is 9.59 Å². The number of hydrogen-bond donors (Lipinski definition) is 2. The van der Waals surface area contributed by atoms with E-state index in [1.165, 1.54) is 32.1 Å². The Bertz CT molecular complexity index is 205. The molecule has 0 saturated carbocycles. The van der Waals surface area contributed by atoms with E-state index in [-0.39, 0.29) is 5.91 Å². The van der Waals surface area contributed by atoms with Crippen LogP contribution in [0, 0.1) is 0 Å². The van der Waals surface area contributed by atoms with E-state index in [2.05, 4.69) is 0 Å². The van der Waals surface area contributed by atoms with Gasteiger partial charge in [0.25, 0.3) is 0 Å². The number of hydrogen-bond acceptors (Lipinski definition) is 2. The minimum atomic E-state index is -0.689. The second-order valence-corrected chi connectivity index (χ2v) is 4.90. The van der Waals surface area contributed by atoms with Crippen LogP contribution < -0.4 is 5.73 Å². The summed E-state index contributed by atoms with van der Waals surface area (Å²) in [5.74, 6) is -0.887. The second-order valence-electron chi connectivity index (χ2n) is 4.90. The fourth-order valence-electron chi connectivity index (χ4n) is 1.99. The van der Waals surface area contributed by atoms with Crippen LogP contribution in [0.3, 0.4) is 0 Å². The summed E-state index contributed by atoms with van der Waals surface area (Å²) in [4.78, 5) is 20.8. The fourth-order valence-corrected chi connectivity index (χ4v) is 1.99. The minimum Gasteiger partial charge on any atom is -0.481 e. The molecule has 0 aromatic rings. The topological polar surface area (TPSA) is 80.4 Å². The molecule has 0 saturated heterocycles. The smallest absolute Gasteiger partial charge is 0.303 e. The molecule has 0 rings (SSSR count). The molecule has 0 aromatic heterocycles. The number of nitrogens with two attached hydrogens (primary N) is 1. The summed E-state index contributed by atoms with van der Waals surface area (Å²) in [6.07, 6.45) is 11.9. The third kappa shape index (κ3) is 14.9. The summed E-state index contributed by atoms with van der Waals surface area (Å²) in [5, 5.41) is 8.46. The summed E-state index contributed by atoms with van der Waals surface area (Å²) >= 11 is 0. The summed E-state index contributed by atoms with van der Waals surface area (Å²) < 4.78 is 0. The zero-order chi connectivity index (χ0) is 13.6. The molecule has 0 aliphatic carbocycles. The highest BCUT2D eigenvalue weighted by Gasteiger charge is 1.97. The van der Waals surface area contributed by atoms with Crippen molar-refractivity contribution in [2.75, 3.05) is 0 Å². The monoisotopic (exact) mass is 257 g/mol. The highest BCUT2D eigenvalue weighted by atomic mass is 16.4. The van der Waals surface area contributed by atoms with Crippen LogP contribution in [0.25, 0.3) is 0 Å². The minimum absolute atomic E-state index is 0.198. The van der Waals surface area contributed by atoms with Crippen molar-refractivity contribution in [3.05, 3.63) is 0 Å². The maximum atomic E-state index is 10.5. The lowest BCUT2D eigenvalue weighted by atomic mass is 10.1. The third-order valence-electron chi connectivity index (χ3n) is 3.06. The highest BCUT2D eigenvalue weighted by molar-refractivity contribution is 5.73. The van der Waals surface area contributed by atoms with Crippen LogP contribution in [0.5, 0.6) is 0 Å². The van der Waals surface area contributed by atoms with E-state index < -0.39 is 5.97 Å². The van der Waals surface area contributed by atoms with E-state index in [4.69, 9.17) is 10.8 Å². The number of unbranched alkanes of at least 4 members (excludes halogenated alkanes) is 9. The van der Waals surface area contributed by atoms with Gasteiger partial charge in [0.05, 0.1) is 0 Å². The molecule has 1 amide bonds. The third-order valence-corrected chi connectivity index (χ3v) is 3.06. The summed E-state index contributed by atoms with van der Waals surface area (Å²) in [5.41, 5.74) is 5.06. The van der Waals surface area contributed by atoms with Gasteiger partial charge in [-0.15, -0.1) is 0 Å². The number of carbonyl (C=O) groups is 2. The number of rotatable bonds is 13. The van der Waals surface area contributed by atoms with Gasteiger partial charge < -0.3 is 10.8 Å². The van der Waals surface area contributed by atoms with Crippen LogP contribution in [0.1, 0.15) is 77.0 Å². The molecular weight excluding hydrogens is 230 g/mol. The van der Waals surface area contributed by atoms with Crippen molar-refractivity contribution in [2.24, 2.45) is 5.73 Å². The van der Waals surface area contributed by atoms with E-state index in [1.807, 2.05) is 0 Å². The first-order chi connectivity index (χ1) is 8.63. The molecule has 0 radical (unpaired) electrons. The number of primary amides is 1. The molecule has 106 valence electrons. The van der Waals surface area contributed by atoms with Crippen LogP contribution >= 0.6 is 0 Å². The van der Waals surface area contributed by atoms with Crippen LogP contribution in [0.4, 0.5) is 0 Å². The number of aliphatic carboxylic acids is 1. The van der Waals surface area contributed by atoms with E-state index in [0.29, 0.717) is 12.8 Å². The SMILES string of the molecule is NC(=O)CCCCCCCCCCCCC(=O)O. The lowest BCUT2D eigenvalue weighted by molar-refractivity contribution is -0.137. The van der Waals surface area contributed by atoms with E-state index in [1.54, 1.807) is 0 Å². The molecule has 0 aliphatic heterocycles. The summed E-state index contributed by atoms with van der Waals surface area (Å²) in [7, 11) is 0. The Kier molecular flexibility index (Phi) is 11.7. The molecule has 3 N–H and O–H groups in total. The van der Waals surface area contributed by atoms with Gasteiger partial charge in [0.15, 0.2) is 0 Å². The summed E-state index contributed by atoms with van der Waals surface area (Å²) in [6.45, 7) is 0. The van der Waals surface area contributed by atoms with Crippen LogP contribution in [-0.4, -0.2) is 17.0 Å². The Hall–Kier alpha value is -1.06. The standard InChI is InChI=1S/C14H27NO3/c15-13(16)11-9-7-5-3-1-2-4-6-8-10-12-14(17)18/h1-12H2,(H2,15,16)(H,17,18). The quantitative estimate of drug-likeness (QED) is 0.497. The van der Waals surface area contributed by atoms with E-state index >= 15 is 0 Å². The molecular formula is C14H27NO3. The summed E-state index contributed by atoms with van der Waals surface area (Å²) in [6, 6.07) is 0. The lowest BCUT2D eigenvalue weighted by Gasteiger charge is -2.01. The van der Waals surface area contributed by atoms with Crippen molar-refractivity contribution in [3.8, 4) is 0 Å². The molecule has 0 unspecified atom stereocenters. The van der Waals surface area contributed by atoms with Crippen molar-refractivity contribution in [2.45, 2.75) is 77.0 Å². The van der Waals surface area contributed by atoms with Gasteiger partial charge in [-0.25, -0.2) is 0 Å². The average Bonchev–Trinajstić information content (AvgIpc) is 2.29. The van der Waals surface area contributed by atoms with Gasteiger partial charge in [-0.2, -0.15) is 0 Å². The van der Waals surface area contributed by atoms with Crippen molar-refractivity contribution in [1.82, 2.24) is 0 Å². The fraction of sp³-hybridized carbons (Fsp3) is 0.857. The molecule has 18 heavy (non-hydrogen) atoms. The van der Waals surface area contributed by atoms with Gasteiger partial charge in [0, 0.05) is 12.8 Å². The number of carboxylic acids is 1. The maximum absolute atomic E-state index is 10.5. The van der Waals surface area contributed by atoms with Crippen LogP contribution in [0.15, 0.2) is 0 Å². The molecule has 0 atom stereocenters. The highest BCUT2D eigenvalue weighted by Crippen LogP contribution is 2.11. The number of carboxylic acid groups (broad SMARTS) is 1. The molecule has 0 aromatic carbocycles. The molecule has 4 nitrogen and oxygen atoms in total. The second kappa shape index (κ2) is 12.4. The predicted octanol–water partition coefficient (Wildman–Crippen LogP) is 3.24. The van der Waals surface area contributed by atoms with Gasteiger partial charge in [-0.1, -0.05) is 51.4 Å². The maximum Gasteiger partial charge on any atom is 0.303 e. The van der Waals surface area contributed by atoms with Gasteiger partial charge in [0.1, 0.15) is 0 Å². The number of carbonyl (C=O) groups excluding carboxylic acids is 1. The normalized spacial score (nSPS) is 10.4. The first-order valence-electron chi connectivity index (χ1n) is 7.13. The van der Waals surface area contributed by atoms with Gasteiger partial charge >= 0.3 is 5.97 Å². The molecule has 0 aliphatic rings. The van der Waals surface area contributed by atoms with Gasteiger partial charge in [-0.3, -0.25) is 9.59 Å². The van der Waals surface area contributed by atoms with Crippen molar-refractivity contribution in [3.63, 3.8) is 0 Å². The van der Waals surface area contributed by atoms with Crippen LogP contribution in [-0.2, 0) is 9.59 Å². The molecule has 0 bridgehead atoms. The zero-order valence-corrected chi connectivity index (χ0v) is 11.3. The van der Waals surface area contributed by atoms with E-state index in [0.717, 1.165) is 32.1 Å². The Morgan fingerprint density at radius 1 is 0.667 bits per heavy atom. The van der Waals surface area contributed by atoms with Gasteiger partial charge in [-0.05, 0) is 12.8 Å². The average molecular weight is 257 g/mol. The first kappa shape index (κ1) is 16.9. The lowest BCUT2D eigenvalue weighted by Crippen LogP contribution is -2.09. The number of amides is 1. The first-order valence-corrected chi connectivity index (χ1v) is 7.13. The Labute approximate surface area is 110 Å². The molecule has 0 heterocycles. The Morgan fingerprint density at radius 2 is 1.00 bits per heavy atom.